The maximum atomic E-state index is 13.6. The molecule has 3 aromatic carbocycles. The monoisotopic (exact) mass is 505 g/mol. The van der Waals surface area contributed by atoms with Crippen LogP contribution in [0.1, 0.15) is 31.3 Å². The molecular formula is C26H16ClNO4S2. The molecule has 0 saturated heterocycles. The molecule has 0 saturated carbocycles. The first kappa shape index (κ1) is 22.3. The predicted molar refractivity (Wildman–Crippen MR) is 137 cm³/mol. The molecule has 0 aliphatic carbocycles. The summed E-state index contributed by atoms with van der Waals surface area (Å²) >= 11 is 8.69. The number of aromatic hydroxyl groups is 1. The van der Waals surface area contributed by atoms with E-state index in [2.05, 4.69) is 4.98 Å². The first-order valence-corrected chi connectivity index (χ1v) is 12.2. The topological polar surface area (TPSA) is 87.5 Å². The fourth-order valence-electron chi connectivity index (χ4n) is 3.82. The molecule has 0 bridgehead atoms. The second-order valence-electron chi connectivity index (χ2n) is 7.70. The summed E-state index contributed by atoms with van der Waals surface area (Å²) in [5, 5.41) is 22.7. The van der Waals surface area contributed by atoms with Crippen LogP contribution in [0.2, 0.25) is 5.02 Å². The number of aryl methyl sites for hydroxylation is 1. The van der Waals surface area contributed by atoms with Gasteiger partial charge < -0.3 is 10.2 Å². The number of benzene rings is 3. The third-order valence-corrected chi connectivity index (χ3v) is 7.73. The standard InChI is InChI=1S/C26H16ClNO4S2/c1-13-10-16(27)6-8-18(13)23(30)24-22(19-9-7-17(29)11-21(19)34-24)14-2-4-15(5-3-14)25-28-20(12-33-25)26(31)32/h2-12,29H,1H3,(H,31,32). The van der Waals surface area contributed by atoms with Crippen molar-refractivity contribution >= 4 is 56.1 Å². The van der Waals surface area contributed by atoms with Gasteiger partial charge in [0.2, 0.25) is 5.78 Å². The number of halogens is 1. The van der Waals surface area contributed by atoms with E-state index >= 15 is 0 Å². The molecule has 2 aromatic heterocycles. The average molecular weight is 506 g/mol. The largest absolute Gasteiger partial charge is 0.508 e. The minimum absolute atomic E-state index is 0.0129. The summed E-state index contributed by atoms with van der Waals surface area (Å²) in [5.41, 5.74) is 3.79. The Balaban J connectivity index is 1.63. The first-order valence-electron chi connectivity index (χ1n) is 10.2. The molecule has 5 rings (SSSR count). The quantitative estimate of drug-likeness (QED) is 0.245. The molecule has 2 N–H and O–H groups in total. The summed E-state index contributed by atoms with van der Waals surface area (Å²) in [4.78, 5) is 29.5. The number of carbonyl (C=O) groups is 2. The van der Waals surface area contributed by atoms with Crippen LogP contribution in [-0.4, -0.2) is 26.9 Å². The summed E-state index contributed by atoms with van der Waals surface area (Å²) in [6.45, 7) is 1.85. The number of rotatable bonds is 5. The van der Waals surface area contributed by atoms with E-state index < -0.39 is 5.97 Å². The van der Waals surface area contributed by atoms with Crippen molar-refractivity contribution in [3.63, 3.8) is 0 Å². The van der Waals surface area contributed by atoms with Gasteiger partial charge in [-0.1, -0.05) is 35.9 Å². The Kier molecular flexibility index (Phi) is 5.69. The Labute approximate surface area is 207 Å². The van der Waals surface area contributed by atoms with Gasteiger partial charge in [0.1, 0.15) is 10.8 Å². The highest BCUT2D eigenvalue weighted by atomic mass is 35.5. The van der Waals surface area contributed by atoms with Gasteiger partial charge in [0, 0.05) is 37.2 Å². The highest BCUT2D eigenvalue weighted by Gasteiger charge is 2.23. The molecule has 0 amide bonds. The fraction of sp³-hybridized carbons (Fsp3) is 0.0385. The molecule has 34 heavy (non-hydrogen) atoms. The van der Waals surface area contributed by atoms with Gasteiger partial charge >= 0.3 is 5.97 Å². The molecule has 0 unspecified atom stereocenters. The van der Waals surface area contributed by atoms with Gasteiger partial charge in [-0.05, 0) is 54.4 Å². The van der Waals surface area contributed by atoms with Crippen molar-refractivity contribution in [3.05, 3.63) is 92.8 Å². The summed E-state index contributed by atoms with van der Waals surface area (Å²) in [6.07, 6.45) is 0. The molecule has 0 radical (unpaired) electrons. The van der Waals surface area contributed by atoms with Crippen LogP contribution in [0.5, 0.6) is 5.75 Å². The number of carboxylic acid groups (broad SMARTS) is 1. The van der Waals surface area contributed by atoms with Crippen molar-refractivity contribution in [2.45, 2.75) is 6.92 Å². The minimum Gasteiger partial charge on any atom is -0.508 e. The maximum absolute atomic E-state index is 13.6. The second-order valence-corrected chi connectivity index (χ2v) is 10.0. The first-order chi connectivity index (χ1) is 16.3. The van der Waals surface area contributed by atoms with Crippen molar-refractivity contribution in [2.24, 2.45) is 0 Å². The Morgan fingerprint density at radius 3 is 2.38 bits per heavy atom. The summed E-state index contributed by atoms with van der Waals surface area (Å²) in [7, 11) is 0. The van der Waals surface area contributed by atoms with E-state index in [0.29, 0.717) is 20.5 Å². The third-order valence-electron chi connectivity index (χ3n) is 5.46. The Bertz CT molecular complexity index is 1580. The number of phenolic OH excluding ortho intramolecular Hbond substituents is 1. The minimum atomic E-state index is -1.06. The number of aromatic carboxylic acids is 1. The van der Waals surface area contributed by atoms with Gasteiger partial charge in [0.25, 0.3) is 0 Å². The van der Waals surface area contributed by atoms with Gasteiger partial charge in [-0.3, -0.25) is 4.79 Å². The molecule has 168 valence electrons. The molecule has 5 nitrogen and oxygen atoms in total. The van der Waals surface area contributed by atoms with E-state index in [9.17, 15) is 14.7 Å². The summed E-state index contributed by atoms with van der Waals surface area (Å²) in [5.74, 6) is -1.04. The van der Waals surface area contributed by atoms with E-state index in [1.165, 1.54) is 28.1 Å². The number of thiophene rings is 1. The second kappa shape index (κ2) is 8.68. The lowest BCUT2D eigenvalue weighted by Gasteiger charge is -2.08. The highest BCUT2D eigenvalue weighted by molar-refractivity contribution is 7.21. The molecule has 0 fully saturated rings. The van der Waals surface area contributed by atoms with Crippen LogP contribution in [0.15, 0.2) is 66.0 Å². The van der Waals surface area contributed by atoms with Crippen LogP contribution in [0, 0.1) is 6.92 Å². The molecule has 8 heteroatoms. The number of hydrogen-bond acceptors (Lipinski definition) is 6. The van der Waals surface area contributed by atoms with Crippen LogP contribution in [0.3, 0.4) is 0 Å². The number of thiazole rings is 1. The number of hydrogen-bond donors (Lipinski definition) is 2. The lowest BCUT2D eigenvalue weighted by atomic mass is 9.96. The molecule has 0 aliphatic heterocycles. The maximum Gasteiger partial charge on any atom is 0.355 e. The van der Waals surface area contributed by atoms with Crippen LogP contribution in [0.25, 0.3) is 31.8 Å². The third kappa shape index (κ3) is 3.98. The average Bonchev–Trinajstić information content (AvgIpc) is 3.44. The Morgan fingerprint density at radius 1 is 0.971 bits per heavy atom. The van der Waals surface area contributed by atoms with Gasteiger partial charge in [-0.2, -0.15) is 0 Å². The zero-order chi connectivity index (χ0) is 24.0. The Morgan fingerprint density at radius 2 is 1.71 bits per heavy atom. The zero-order valence-electron chi connectivity index (χ0n) is 17.7. The van der Waals surface area contributed by atoms with E-state index in [0.717, 1.165) is 32.3 Å². The lowest BCUT2D eigenvalue weighted by Crippen LogP contribution is -2.03. The SMILES string of the molecule is Cc1cc(Cl)ccc1C(=O)c1sc2cc(O)ccc2c1-c1ccc(-c2nc(C(=O)O)cs2)cc1. The lowest BCUT2D eigenvalue weighted by molar-refractivity contribution is 0.0691. The number of phenols is 1. The van der Waals surface area contributed by atoms with Crippen LogP contribution in [0.4, 0.5) is 0 Å². The van der Waals surface area contributed by atoms with Gasteiger partial charge in [-0.25, -0.2) is 9.78 Å². The van der Waals surface area contributed by atoms with E-state index in [1.807, 2.05) is 37.3 Å². The molecule has 0 atom stereocenters. The zero-order valence-corrected chi connectivity index (χ0v) is 20.1. The molecule has 0 aliphatic rings. The van der Waals surface area contributed by atoms with E-state index in [4.69, 9.17) is 16.7 Å². The number of fused-ring (bicyclic) bond motifs is 1. The predicted octanol–water partition coefficient (Wildman–Crippen LogP) is 7.29. The number of carbonyl (C=O) groups excluding carboxylic acids is 1. The number of ketones is 1. The van der Waals surface area contributed by atoms with Gasteiger partial charge in [0.15, 0.2) is 5.69 Å². The number of carboxylic acids is 1. The van der Waals surface area contributed by atoms with Crippen molar-refractivity contribution in [2.75, 3.05) is 0 Å². The molecule has 0 spiro atoms. The van der Waals surface area contributed by atoms with Gasteiger partial charge in [-0.15, -0.1) is 22.7 Å². The van der Waals surface area contributed by atoms with Crippen molar-refractivity contribution in [1.82, 2.24) is 4.98 Å². The van der Waals surface area contributed by atoms with E-state index in [1.54, 1.807) is 30.3 Å². The van der Waals surface area contributed by atoms with Gasteiger partial charge in [0.05, 0.1) is 4.88 Å². The van der Waals surface area contributed by atoms with Crippen molar-refractivity contribution < 1.29 is 19.8 Å². The van der Waals surface area contributed by atoms with E-state index in [-0.39, 0.29) is 17.2 Å². The Hall–Kier alpha value is -3.52. The van der Waals surface area contributed by atoms with Crippen molar-refractivity contribution in [1.29, 1.82) is 0 Å². The summed E-state index contributed by atoms with van der Waals surface area (Å²) < 4.78 is 0.806. The van der Waals surface area contributed by atoms with Crippen molar-refractivity contribution in [3.8, 4) is 27.4 Å². The highest BCUT2D eigenvalue weighted by Crippen LogP contribution is 2.42. The van der Waals surface area contributed by atoms with Crippen LogP contribution >= 0.6 is 34.3 Å². The normalized spacial score (nSPS) is 11.1. The van der Waals surface area contributed by atoms with Crippen LogP contribution in [-0.2, 0) is 0 Å². The number of nitrogens with zero attached hydrogens (tertiary/aromatic N) is 1. The molecule has 5 aromatic rings. The smallest absolute Gasteiger partial charge is 0.355 e. The van der Waals surface area contributed by atoms with Crippen LogP contribution < -0.4 is 0 Å². The molecular weight excluding hydrogens is 490 g/mol. The fourth-order valence-corrected chi connectivity index (χ4v) is 6.06. The molecule has 2 heterocycles. The summed E-state index contributed by atoms with van der Waals surface area (Å²) in [6, 6.07) is 17.8. The number of aromatic nitrogens is 1.